The second-order valence-corrected chi connectivity index (χ2v) is 4.39. The van der Waals surface area contributed by atoms with Crippen LogP contribution in [-0.4, -0.2) is 30.1 Å². The lowest BCUT2D eigenvalue weighted by molar-refractivity contribution is -0.138. The third-order valence-corrected chi connectivity index (χ3v) is 2.44. The molecule has 16 heavy (non-hydrogen) atoms. The highest BCUT2D eigenvalue weighted by Gasteiger charge is 2.10. The number of hydrogen-bond donors (Lipinski definition) is 3. The number of carbonyl (C=O) groups excluding carboxylic acids is 1. The van der Waals surface area contributed by atoms with E-state index in [9.17, 15) is 9.59 Å². The van der Waals surface area contributed by atoms with Crippen LogP contribution in [0, 0.1) is 11.8 Å². The molecule has 0 heterocycles. The molecule has 0 rings (SSSR count). The van der Waals surface area contributed by atoms with Gasteiger partial charge in [0.1, 0.15) is 0 Å². The Labute approximate surface area is 96.4 Å². The molecule has 5 heteroatoms. The maximum atomic E-state index is 11.4. The highest BCUT2D eigenvalue weighted by molar-refractivity contribution is 5.76. The van der Waals surface area contributed by atoms with Gasteiger partial charge >= 0.3 is 5.97 Å². The van der Waals surface area contributed by atoms with Crippen molar-refractivity contribution in [2.45, 2.75) is 33.1 Å². The highest BCUT2D eigenvalue weighted by Crippen LogP contribution is 2.04. The molecule has 0 saturated heterocycles. The zero-order valence-corrected chi connectivity index (χ0v) is 10.0. The summed E-state index contributed by atoms with van der Waals surface area (Å²) < 4.78 is 0. The summed E-state index contributed by atoms with van der Waals surface area (Å²) in [5.41, 5.74) is 5.44. The largest absolute Gasteiger partial charge is 0.481 e. The second kappa shape index (κ2) is 8.10. The van der Waals surface area contributed by atoms with Crippen LogP contribution in [-0.2, 0) is 9.59 Å². The molecule has 0 spiro atoms. The van der Waals surface area contributed by atoms with Gasteiger partial charge < -0.3 is 16.2 Å². The SMILES string of the molecule is CC(CN)CCC(=O)NCC(C)CC(=O)O. The van der Waals surface area contributed by atoms with E-state index in [2.05, 4.69) is 5.32 Å². The van der Waals surface area contributed by atoms with Crippen molar-refractivity contribution in [3.8, 4) is 0 Å². The van der Waals surface area contributed by atoms with Gasteiger partial charge in [-0.15, -0.1) is 0 Å². The Morgan fingerprint density at radius 1 is 1.31 bits per heavy atom. The molecule has 2 unspecified atom stereocenters. The van der Waals surface area contributed by atoms with Crippen LogP contribution in [0.15, 0.2) is 0 Å². The molecule has 0 radical (unpaired) electrons. The molecule has 2 atom stereocenters. The number of rotatable bonds is 8. The van der Waals surface area contributed by atoms with E-state index in [0.29, 0.717) is 25.4 Å². The van der Waals surface area contributed by atoms with E-state index >= 15 is 0 Å². The summed E-state index contributed by atoms with van der Waals surface area (Å²) in [6.45, 7) is 4.81. The summed E-state index contributed by atoms with van der Waals surface area (Å²) in [5, 5.41) is 11.3. The molecular weight excluding hydrogens is 208 g/mol. The van der Waals surface area contributed by atoms with Crippen molar-refractivity contribution in [1.82, 2.24) is 5.32 Å². The molecule has 0 aliphatic rings. The molecule has 0 bridgehead atoms. The van der Waals surface area contributed by atoms with E-state index in [1.807, 2.05) is 6.92 Å². The summed E-state index contributed by atoms with van der Waals surface area (Å²) in [4.78, 5) is 21.7. The first-order valence-corrected chi connectivity index (χ1v) is 5.64. The second-order valence-electron chi connectivity index (χ2n) is 4.39. The molecule has 5 nitrogen and oxygen atoms in total. The molecule has 0 saturated carbocycles. The standard InChI is InChI=1S/C11H22N2O3/c1-8(6-12)3-4-10(14)13-7-9(2)5-11(15)16/h8-9H,3-7,12H2,1-2H3,(H,13,14)(H,15,16). The van der Waals surface area contributed by atoms with E-state index in [-0.39, 0.29) is 18.2 Å². The summed E-state index contributed by atoms with van der Waals surface area (Å²) in [6, 6.07) is 0. The fraction of sp³-hybridized carbons (Fsp3) is 0.818. The quantitative estimate of drug-likeness (QED) is 0.569. The zero-order valence-electron chi connectivity index (χ0n) is 10.0. The monoisotopic (exact) mass is 230 g/mol. The van der Waals surface area contributed by atoms with Gasteiger partial charge in [-0.2, -0.15) is 0 Å². The van der Waals surface area contributed by atoms with Crippen molar-refractivity contribution in [2.24, 2.45) is 17.6 Å². The van der Waals surface area contributed by atoms with Gasteiger partial charge in [-0.1, -0.05) is 13.8 Å². The van der Waals surface area contributed by atoms with Crippen molar-refractivity contribution in [3.63, 3.8) is 0 Å². The Balaban J connectivity index is 3.61. The van der Waals surface area contributed by atoms with Crippen LogP contribution in [0.2, 0.25) is 0 Å². The number of carboxylic acid groups (broad SMARTS) is 1. The van der Waals surface area contributed by atoms with Crippen LogP contribution in [0.3, 0.4) is 0 Å². The lowest BCUT2D eigenvalue weighted by atomic mass is 10.1. The molecule has 0 aliphatic heterocycles. The van der Waals surface area contributed by atoms with E-state index in [1.54, 1.807) is 6.92 Å². The summed E-state index contributed by atoms with van der Waals surface area (Å²) in [5.74, 6) is -0.549. The summed E-state index contributed by atoms with van der Waals surface area (Å²) >= 11 is 0. The Morgan fingerprint density at radius 2 is 1.94 bits per heavy atom. The van der Waals surface area contributed by atoms with Crippen LogP contribution < -0.4 is 11.1 Å². The molecule has 0 fully saturated rings. The molecule has 0 aromatic rings. The molecule has 0 aromatic carbocycles. The number of nitrogens with one attached hydrogen (secondary N) is 1. The fourth-order valence-corrected chi connectivity index (χ4v) is 1.24. The normalized spacial score (nSPS) is 14.2. The first-order chi connectivity index (χ1) is 7.45. The van der Waals surface area contributed by atoms with Gasteiger partial charge in [-0.05, 0) is 24.8 Å². The highest BCUT2D eigenvalue weighted by atomic mass is 16.4. The number of amides is 1. The van der Waals surface area contributed by atoms with Crippen molar-refractivity contribution in [2.75, 3.05) is 13.1 Å². The average Bonchev–Trinajstić information content (AvgIpc) is 2.22. The topological polar surface area (TPSA) is 92.4 Å². The summed E-state index contributed by atoms with van der Waals surface area (Å²) in [7, 11) is 0. The molecule has 4 N–H and O–H groups in total. The van der Waals surface area contributed by atoms with Crippen LogP contribution in [0.25, 0.3) is 0 Å². The lowest BCUT2D eigenvalue weighted by Gasteiger charge is -2.11. The number of nitrogens with two attached hydrogens (primary N) is 1. The Bertz CT molecular complexity index is 231. The zero-order chi connectivity index (χ0) is 12.6. The third kappa shape index (κ3) is 8.23. The van der Waals surface area contributed by atoms with E-state index in [0.717, 1.165) is 6.42 Å². The number of carboxylic acids is 1. The smallest absolute Gasteiger partial charge is 0.303 e. The van der Waals surface area contributed by atoms with E-state index in [4.69, 9.17) is 10.8 Å². The van der Waals surface area contributed by atoms with Crippen LogP contribution >= 0.6 is 0 Å². The number of hydrogen-bond acceptors (Lipinski definition) is 3. The van der Waals surface area contributed by atoms with Crippen molar-refractivity contribution >= 4 is 11.9 Å². The summed E-state index contributed by atoms with van der Waals surface area (Å²) in [6.07, 6.45) is 1.31. The van der Waals surface area contributed by atoms with Gasteiger partial charge in [0, 0.05) is 19.4 Å². The van der Waals surface area contributed by atoms with Gasteiger partial charge in [0.15, 0.2) is 0 Å². The Morgan fingerprint density at radius 3 is 2.44 bits per heavy atom. The van der Waals surface area contributed by atoms with Gasteiger partial charge in [0.05, 0.1) is 0 Å². The van der Waals surface area contributed by atoms with Crippen LogP contribution in [0.4, 0.5) is 0 Å². The molecule has 0 aromatic heterocycles. The van der Waals surface area contributed by atoms with Crippen molar-refractivity contribution < 1.29 is 14.7 Å². The fourth-order valence-electron chi connectivity index (χ4n) is 1.24. The minimum Gasteiger partial charge on any atom is -0.481 e. The first-order valence-electron chi connectivity index (χ1n) is 5.64. The van der Waals surface area contributed by atoms with Gasteiger partial charge in [-0.3, -0.25) is 9.59 Å². The van der Waals surface area contributed by atoms with E-state index in [1.165, 1.54) is 0 Å². The number of carbonyl (C=O) groups is 2. The lowest BCUT2D eigenvalue weighted by Crippen LogP contribution is -2.29. The minimum atomic E-state index is -0.835. The molecule has 94 valence electrons. The molecule has 0 aliphatic carbocycles. The minimum absolute atomic E-state index is 0.0301. The van der Waals surface area contributed by atoms with Gasteiger partial charge in [-0.25, -0.2) is 0 Å². The Kier molecular flexibility index (Phi) is 7.54. The molecule has 1 amide bonds. The number of aliphatic carboxylic acids is 1. The predicted molar refractivity (Wildman–Crippen MR) is 61.9 cm³/mol. The third-order valence-electron chi connectivity index (χ3n) is 2.44. The Hall–Kier alpha value is -1.10. The molecular formula is C11H22N2O3. The first kappa shape index (κ1) is 14.9. The van der Waals surface area contributed by atoms with E-state index < -0.39 is 5.97 Å². The average molecular weight is 230 g/mol. The van der Waals surface area contributed by atoms with Gasteiger partial charge in [0.2, 0.25) is 5.91 Å². The van der Waals surface area contributed by atoms with Crippen LogP contribution in [0.5, 0.6) is 0 Å². The van der Waals surface area contributed by atoms with Crippen LogP contribution in [0.1, 0.15) is 33.1 Å². The maximum absolute atomic E-state index is 11.4. The van der Waals surface area contributed by atoms with Gasteiger partial charge in [0.25, 0.3) is 0 Å². The predicted octanol–water partition coefficient (Wildman–Crippen LogP) is 0.588. The maximum Gasteiger partial charge on any atom is 0.303 e. The van der Waals surface area contributed by atoms with Crippen molar-refractivity contribution in [1.29, 1.82) is 0 Å². The van der Waals surface area contributed by atoms with Crippen molar-refractivity contribution in [3.05, 3.63) is 0 Å².